The number of carbonyl (C=O) groups excluding carboxylic acids is 2. The lowest BCUT2D eigenvalue weighted by atomic mass is 10.0. The molecule has 518 valence electrons. The zero-order valence-corrected chi connectivity index (χ0v) is 60.1. The Morgan fingerprint density at radius 3 is 0.898 bits per heavy atom. The Bertz CT molecular complexity index is 1620. The quantitative estimate of drug-likeness (QED) is 0.0211. The van der Waals surface area contributed by atoms with E-state index < -0.39 is 26.5 Å². The van der Waals surface area contributed by atoms with Crippen LogP contribution in [0.2, 0.25) is 0 Å². The Kier molecular flexibility index (Phi) is 67.7. The molecule has 88 heavy (non-hydrogen) atoms. The predicted octanol–water partition coefficient (Wildman–Crippen LogP) is 25.2. The molecule has 0 radical (unpaired) electrons. The van der Waals surface area contributed by atoms with Crippen molar-refractivity contribution in [2.24, 2.45) is 0 Å². The van der Waals surface area contributed by atoms with E-state index in [2.05, 4.69) is 62.5 Å². The van der Waals surface area contributed by atoms with E-state index in [0.29, 0.717) is 23.9 Å². The number of hydrogen-bond acceptors (Lipinski definition) is 7. The minimum absolute atomic E-state index is 0.0343. The van der Waals surface area contributed by atoms with E-state index in [9.17, 15) is 19.0 Å². The number of phosphoric acid groups is 1. The monoisotopic (exact) mass is 1260 g/mol. The Morgan fingerprint density at radius 2 is 0.614 bits per heavy atom. The van der Waals surface area contributed by atoms with Gasteiger partial charge in [-0.15, -0.1) is 0 Å². The first-order valence-corrected chi connectivity index (χ1v) is 39.9. The smallest absolute Gasteiger partial charge is 0.462 e. The number of allylic oxidation sites excluding steroid dienone is 8. The van der Waals surface area contributed by atoms with E-state index in [0.717, 1.165) is 44.9 Å². The number of ether oxygens (including phenoxy) is 2. The average molecular weight is 1260 g/mol. The molecule has 0 aromatic rings. The van der Waals surface area contributed by atoms with Crippen LogP contribution in [0.5, 0.6) is 0 Å². The molecule has 0 bridgehead atoms. The molecule has 9 nitrogen and oxygen atoms in total. The van der Waals surface area contributed by atoms with Gasteiger partial charge in [-0.3, -0.25) is 18.6 Å². The van der Waals surface area contributed by atoms with Crippen LogP contribution in [0.4, 0.5) is 0 Å². The maximum atomic E-state index is 12.9. The number of phosphoric ester groups is 1. The fourth-order valence-corrected chi connectivity index (χ4v) is 12.2. The fourth-order valence-electron chi connectivity index (χ4n) is 11.4. The molecule has 0 aliphatic rings. The maximum Gasteiger partial charge on any atom is 0.472 e. The van der Waals surface area contributed by atoms with Gasteiger partial charge in [-0.05, 0) is 77.0 Å². The first kappa shape index (κ1) is 86.0. The Labute approximate surface area is 547 Å². The molecular formula is C78H149NO8P+. The molecule has 0 saturated heterocycles. The van der Waals surface area contributed by atoms with Crippen LogP contribution in [0.25, 0.3) is 0 Å². The van der Waals surface area contributed by atoms with Gasteiger partial charge in [0.1, 0.15) is 19.8 Å². The number of rotatable bonds is 72. The maximum absolute atomic E-state index is 12.9. The largest absolute Gasteiger partial charge is 0.472 e. The molecule has 0 heterocycles. The van der Waals surface area contributed by atoms with Gasteiger partial charge in [-0.25, -0.2) is 4.57 Å². The molecule has 1 N–H and O–H groups in total. The fraction of sp³-hybridized carbons (Fsp3) is 0.872. The molecule has 0 saturated carbocycles. The third-order valence-electron chi connectivity index (χ3n) is 17.3. The summed E-state index contributed by atoms with van der Waals surface area (Å²) in [5.74, 6) is -0.775. The topological polar surface area (TPSA) is 108 Å². The van der Waals surface area contributed by atoms with Crippen LogP contribution in [0.3, 0.4) is 0 Å². The SMILES string of the molecule is CCCCCCC/C=C\C/C=C\CCCCCCCCCCCCCCCCCCCCCCCC(=O)OC(COC(=O)CCCCCCCCCCCCCCCCCCCCC/C=C\C/C=C\CCCCCCC)COP(=O)(O)OCC[N+](C)(C)C. The highest BCUT2D eigenvalue weighted by atomic mass is 31.2. The van der Waals surface area contributed by atoms with Crippen molar-refractivity contribution in [1.29, 1.82) is 0 Å². The van der Waals surface area contributed by atoms with Gasteiger partial charge in [0.25, 0.3) is 0 Å². The Balaban J connectivity index is 3.95. The van der Waals surface area contributed by atoms with Gasteiger partial charge in [-0.2, -0.15) is 0 Å². The summed E-state index contributed by atoms with van der Waals surface area (Å²) in [6, 6.07) is 0. The molecule has 2 atom stereocenters. The van der Waals surface area contributed by atoms with E-state index in [1.807, 2.05) is 21.1 Å². The molecule has 10 heteroatoms. The van der Waals surface area contributed by atoms with Crippen LogP contribution in [0.1, 0.15) is 386 Å². The summed E-state index contributed by atoms with van der Waals surface area (Å²) in [6.45, 7) is 4.48. The van der Waals surface area contributed by atoms with Crippen LogP contribution in [-0.4, -0.2) is 74.9 Å². The minimum Gasteiger partial charge on any atom is -0.462 e. The van der Waals surface area contributed by atoms with E-state index in [1.165, 1.54) is 308 Å². The molecule has 0 rings (SSSR count). The highest BCUT2D eigenvalue weighted by Gasteiger charge is 2.27. The summed E-state index contributed by atoms with van der Waals surface area (Å²) in [5, 5.41) is 0. The van der Waals surface area contributed by atoms with Gasteiger partial charge in [-0.1, -0.05) is 345 Å². The van der Waals surface area contributed by atoms with Crippen molar-refractivity contribution in [1.82, 2.24) is 0 Å². The zero-order valence-electron chi connectivity index (χ0n) is 59.2. The summed E-state index contributed by atoms with van der Waals surface area (Å²) in [5.41, 5.74) is 0. The molecule has 0 aliphatic heterocycles. The van der Waals surface area contributed by atoms with E-state index in [4.69, 9.17) is 18.5 Å². The Hall–Kier alpha value is -2.03. The molecule has 0 spiro atoms. The molecule has 0 aliphatic carbocycles. The second kappa shape index (κ2) is 69.3. The first-order valence-electron chi connectivity index (χ1n) is 38.4. The number of carbonyl (C=O) groups is 2. The third-order valence-corrected chi connectivity index (χ3v) is 18.3. The molecule has 0 aromatic carbocycles. The predicted molar refractivity (Wildman–Crippen MR) is 381 cm³/mol. The number of quaternary nitrogens is 1. The standard InChI is InChI=1S/C78H148NO8P/c1-6-8-10-12-14-16-18-20-22-24-26-28-30-32-34-36-38-39-41-43-45-47-49-51-53-55-57-59-61-63-65-67-69-71-78(81)87-76(75-86-88(82,83)85-73-72-79(3,4)5)74-84-77(80)70-68-66-64-62-60-58-56-54-52-50-48-46-44-42-40-37-35-33-31-29-27-25-23-21-19-17-15-13-11-9-7-2/h18-21,24-27,76H,6-17,22-23,28-75H2,1-5H3/p+1/b20-18-,21-19-,26-24-,27-25-. The first-order chi connectivity index (χ1) is 43.0. The third kappa shape index (κ3) is 73.0. The summed E-state index contributed by atoms with van der Waals surface area (Å²) >= 11 is 0. The molecule has 0 amide bonds. The molecule has 0 aromatic heterocycles. The number of likely N-dealkylation sites (N-methyl/N-ethyl adjacent to an activating group) is 1. The second-order valence-corrected chi connectivity index (χ2v) is 28.8. The van der Waals surface area contributed by atoms with Crippen LogP contribution in [0.15, 0.2) is 48.6 Å². The summed E-state index contributed by atoms with van der Waals surface area (Å²) in [4.78, 5) is 35.9. The summed E-state index contributed by atoms with van der Waals surface area (Å²) < 4.78 is 34.8. The highest BCUT2D eigenvalue weighted by molar-refractivity contribution is 7.47. The van der Waals surface area contributed by atoms with Gasteiger partial charge in [0.15, 0.2) is 6.10 Å². The number of hydrogen-bond donors (Lipinski definition) is 1. The Morgan fingerprint density at radius 1 is 0.352 bits per heavy atom. The van der Waals surface area contributed by atoms with Gasteiger partial charge in [0.2, 0.25) is 0 Å². The molecule has 0 fully saturated rings. The minimum atomic E-state index is -4.39. The van der Waals surface area contributed by atoms with Crippen molar-refractivity contribution in [3.63, 3.8) is 0 Å². The van der Waals surface area contributed by atoms with Crippen LogP contribution in [0, 0.1) is 0 Å². The van der Waals surface area contributed by atoms with E-state index in [-0.39, 0.29) is 25.6 Å². The number of esters is 2. The normalized spacial score (nSPS) is 13.3. The summed E-state index contributed by atoms with van der Waals surface area (Å²) in [7, 11) is 1.50. The number of unbranched alkanes of at least 4 members (excludes halogenated alkanes) is 50. The van der Waals surface area contributed by atoms with Crippen molar-refractivity contribution < 1.29 is 42.1 Å². The highest BCUT2D eigenvalue weighted by Crippen LogP contribution is 2.43. The van der Waals surface area contributed by atoms with Crippen molar-refractivity contribution in [3.8, 4) is 0 Å². The van der Waals surface area contributed by atoms with E-state index >= 15 is 0 Å². The van der Waals surface area contributed by atoms with Gasteiger partial charge < -0.3 is 18.9 Å². The lowest BCUT2D eigenvalue weighted by molar-refractivity contribution is -0.870. The van der Waals surface area contributed by atoms with Crippen molar-refractivity contribution in [2.45, 2.75) is 392 Å². The lowest BCUT2D eigenvalue weighted by Crippen LogP contribution is -2.37. The van der Waals surface area contributed by atoms with Crippen LogP contribution < -0.4 is 0 Å². The van der Waals surface area contributed by atoms with Gasteiger partial charge in [0, 0.05) is 12.8 Å². The van der Waals surface area contributed by atoms with Gasteiger partial charge >= 0.3 is 19.8 Å². The van der Waals surface area contributed by atoms with E-state index in [1.54, 1.807) is 0 Å². The average Bonchev–Trinajstić information content (AvgIpc) is 3.56. The second-order valence-electron chi connectivity index (χ2n) is 27.4. The van der Waals surface area contributed by atoms with Crippen LogP contribution in [-0.2, 0) is 32.7 Å². The lowest BCUT2D eigenvalue weighted by Gasteiger charge is -2.24. The van der Waals surface area contributed by atoms with Crippen molar-refractivity contribution in [2.75, 3.05) is 47.5 Å². The summed E-state index contributed by atoms with van der Waals surface area (Å²) in [6.07, 6.45) is 91.0. The molecule has 2 unspecified atom stereocenters. The van der Waals surface area contributed by atoms with Crippen LogP contribution >= 0.6 is 7.82 Å². The van der Waals surface area contributed by atoms with Crippen molar-refractivity contribution >= 4 is 19.8 Å². The van der Waals surface area contributed by atoms with Crippen molar-refractivity contribution in [3.05, 3.63) is 48.6 Å². The van der Waals surface area contributed by atoms with Gasteiger partial charge in [0.05, 0.1) is 27.7 Å². The molecular weight excluding hydrogens is 1110 g/mol. The number of nitrogens with zero attached hydrogens (tertiary/aromatic N) is 1. The zero-order chi connectivity index (χ0) is 64.1.